The van der Waals surface area contributed by atoms with Gasteiger partial charge in [-0.15, -0.1) is 0 Å². The summed E-state index contributed by atoms with van der Waals surface area (Å²) in [6.07, 6.45) is 10.8. The van der Waals surface area contributed by atoms with Gasteiger partial charge >= 0.3 is 0 Å². The first-order valence-electron chi connectivity index (χ1n) is 5.33. The van der Waals surface area contributed by atoms with Gasteiger partial charge in [0.1, 0.15) is 0 Å². The Kier molecular flexibility index (Phi) is 1.54. The number of hydrogen-bond acceptors (Lipinski definition) is 1. The van der Waals surface area contributed by atoms with Crippen LogP contribution in [0, 0.1) is 17.8 Å². The summed E-state index contributed by atoms with van der Waals surface area (Å²) in [6, 6.07) is 0.736. The van der Waals surface area contributed by atoms with E-state index in [0.717, 1.165) is 30.3 Å². The average molecular weight is 163 g/mol. The van der Waals surface area contributed by atoms with Gasteiger partial charge in [-0.1, -0.05) is 18.6 Å². The van der Waals surface area contributed by atoms with E-state index < -0.39 is 0 Å². The van der Waals surface area contributed by atoms with Crippen LogP contribution in [0.25, 0.3) is 0 Å². The van der Waals surface area contributed by atoms with Crippen molar-refractivity contribution in [1.82, 2.24) is 5.32 Å². The Morgan fingerprint density at radius 2 is 2.17 bits per heavy atom. The van der Waals surface area contributed by atoms with Gasteiger partial charge in [0.15, 0.2) is 0 Å². The van der Waals surface area contributed by atoms with Crippen LogP contribution in [0.2, 0.25) is 0 Å². The van der Waals surface area contributed by atoms with Crippen molar-refractivity contribution in [3.63, 3.8) is 0 Å². The Morgan fingerprint density at radius 1 is 1.17 bits per heavy atom. The molecular formula is C11H17N. The van der Waals surface area contributed by atoms with Crippen LogP contribution in [0.4, 0.5) is 0 Å². The molecule has 0 aromatic carbocycles. The van der Waals surface area contributed by atoms with Crippen LogP contribution >= 0.6 is 0 Å². The predicted octanol–water partition coefficient (Wildman–Crippen LogP) is 1.95. The van der Waals surface area contributed by atoms with Crippen LogP contribution < -0.4 is 5.32 Å². The van der Waals surface area contributed by atoms with E-state index in [0.29, 0.717) is 0 Å². The fourth-order valence-electron chi connectivity index (χ4n) is 3.51. The Morgan fingerprint density at radius 3 is 2.75 bits per heavy atom. The summed E-state index contributed by atoms with van der Waals surface area (Å²) in [5.74, 6) is 3.15. The lowest BCUT2D eigenvalue weighted by Crippen LogP contribution is -2.33. The highest BCUT2D eigenvalue weighted by atomic mass is 14.9. The molecule has 66 valence electrons. The van der Waals surface area contributed by atoms with Gasteiger partial charge in [-0.05, 0) is 37.0 Å². The molecule has 0 radical (unpaired) electrons. The van der Waals surface area contributed by atoms with E-state index in [1.807, 2.05) is 0 Å². The first-order chi connectivity index (χ1) is 5.93. The van der Waals surface area contributed by atoms with E-state index in [2.05, 4.69) is 17.5 Å². The number of fused-ring (bicyclic) bond motifs is 2. The standard InChI is InChI=1S/C11H17N/c1-2-11(12-5-1)10-7-8-3-4-9(10)6-8/h1-2,8-12H,3-7H2. The highest BCUT2D eigenvalue weighted by Crippen LogP contribution is 2.49. The fourth-order valence-corrected chi connectivity index (χ4v) is 3.51. The zero-order chi connectivity index (χ0) is 7.97. The van der Waals surface area contributed by atoms with Gasteiger partial charge in [-0.25, -0.2) is 0 Å². The summed E-state index contributed by atoms with van der Waals surface area (Å²) >= 11 is 0. The van der Waals surface area contributed by atoms with Crippen molar-refractivity contribution in [2.75, 3.05) is 6.54 Å². The van der Waals surface area contributed by atoms with Crippen LogP contribution in [-0.4, -0.2) is 12.6 Å². The van der Waals surface area contributed by atoms with Gasteiger partial charge in [0.2, 0.25) is 0 Å². The van der Waals surface area contributed by atoms with Gasteiger partial charge in [0.25, 0.3) is 0 Å². The molecule has 3 aliphatic rings. The molecule has 2 saturated carbocycles. The van der Waals surface area contributed by atoms with E-state index in [1.54, 1.807) is 0 Å². The second-order valence-electron chi connectivity index (χ2n) is 4.70. The topological polar surface area (TPSA) is 12.0 Å². The van der Waals surface area contributed by atoms with Crippen molar-refractivity contribution in [1.29, 1.82) is 0 Å². The summed E-state index contributed by atoms with van der Waals surface area (Å²) in [6.45, 7) is 1.11. The lowest BCUT2D eigenvalue weighted by atomic mass is 9.84. The zero-order valence-corrected chi connectivity index (χ0v) is 7.50. The lowest BCUT2D eigenvalue weighted by Gasteiger charge is -2.26. The maximum absolute atomic E-state index is 3.57. The van der Waals surface area contributed by atoms with Crippen molar-refractivity contribution in [2.24, 2.45) is 17.8 Å². The third kappa shape index (κ3) is 0.957. The number of hydrogen-bond donors (Lipinski definition) is 1. The molecule has 0 aromatic heterocycles. The summed E-state index contributed by atoms with van der Waals surface area (Å²) in [4.78, 5) is 0. The lowest BCUT2D eigenvalue weighted by molar-refractivity contribution is 0.289. The molecule has 0 spiro atoms. The quantitative estimate of drug-likeness (QED) is 0.583. The molecule has 2 fully saturated rings. The Hall–Kier alpha value is -0.300. The second kappa shape index (κ2) is 2.59. The molecule has 1 N–H and O–H groups in total. The van der Waals surface area contributed by atoms with E-state index in [-0.39, 0.29) is 0 Å². The van der Waals surface area contributed by atoms with E-state index in [9.17, 15) is 0 Å². The van der Waals surface area contributed by atoms with Crippen LogP contribution in [0.15, 0.2) is 12.2 Å². The zero-order valence-electron chi connectivity index (χ0n) is 7.50. The monoisotopic (exact) mass is 163 g/mol. The van der Waals surface area contributed by atoms with E-state index >= 15 is 0 Å². The molecule has 2 bridgehead atoms. The SMILES string of the molecule is C1=CC(C2CC3CCC2C3)NC1. The molecule has 4 atom stereocenters. The number of nitrogens with one attached hydrogen (secondary N) is 1. The minimum Gasteiger partial charge on any atom is -0.307 e. The average Bonchev–Trinajstić information content (AvgIpc) is 2.81. The van der Waals surface area contributed by atoms with Crippen molar-refractivity contribution >= 4 is 0 Å². The first-order valence-corrected chi connectivity index (χ1v) is 5.33. The molecule has 12 heavy (non-hydrogen) atoms. The van der Waals surface area contributed by atoms with Gasteiger partial charge < -0.3 is 5.32 Å². The second-order valence-corrected chi connectivity index (χ2v) is 4.70. The summed E-state index contributed by atoms with van der Waals surface area (Å²) < 4.78 is 0. The third-order valence-corrected chi connectivity index (χ3v) is 4.07. The van der Waals surface area contributed by atoms with Crippen LogP contribution in [0.5, 0.6) is 0 Å². The van der Waals surface area contributed by atoms with Crippen molar-refractivity contribution < 1.29 is 0 Å². The first kappa shape index (κ1) is 7.14. The molecule has 3 rings (SSSR count). The van der Waals surface area contributed by atoms with Gasteiger partial charge in [0.05, 0.1) is 0 Å². The summed E-state index contributed by atoms with van der Waals surface area (Å²) in [5.41, 5.74) is 0. The summed E-state index contributed by atoms with van der Waals surface area (Å²) in [7, 11) is 0. The Labute approximate surface area is 74.2 Å². The Bertz CT molecular complexity index is 209. The third-order valence-electron chi connectivity index (χ3n) is 4.07. The van der Waals surface area contributed by atoms with Crippen molar-refractivity contribution in [3.8, 4) is 0 Å². The van der Waals surface area contributed by atoms with Gasteiger partial charge in [-0.3, -0.25) is 0 Å². The minimum atomic E-state index is 0.736. The van der Waals surface area contributed by atoms with Gasteiger partial charge in [-0.2, -0.15) is 0 Å². The van der Waals surface area contributed by atoms with E-state index in [1.165, 1.54) is 25.7 Å². The van der Waals surface area contributed by atoms with Crippen molar-refractivity contribution in [2.45, 2.75) is 31.7 Å². The maximum atomic E-state index is 3.57. The van der Waals surface area contributed by atoms with Crippen LogP contribution in [0.3, 0.4) is 0 Å². The molecule has 1 nitrogen and oxygen atoms in total. The van der Waals surface area contributed by atoms with Gasteiger partial charge in [0, 0.05) is 12.6 Å². The summed E-state index contributed by atoms with van der Waals surface area (Å²) in [5, 5.41) is 3.57. The normalized spacial score (nSPS) is 50.7. The smallest absolute Gasteiger partial charge is 0.0284 e. The van der Waals surface area contributed by atoms with Crippen LogP contribution in [0.1, 0.15) is 25.7 Å². The molecule has 2 aliphatic carbocycles. The molecule has 1 heterocycles. The molecule has 0 aromatic rings. The van der Waals surface area contributed by atoms with E-state index in [4.69, 9.17) is 0 Å². The van der Waals surface area contributed by atoms with Crippen LogP contribution in [-0.2, 0) is 0 Å². The maximum Gasteiger partial charge on any atom is 0.0284 e. The highest BCUT2D eigenvalue weighted by molar-refractivity contribution is 5.08. The highest BCUT2D eigenvalue weighted by Gasteiger charge is 2.42. The Balaban J connectivity index is 1.73. The van der Waals surface area contributed by atoms with Crippen molar-refractivity contribution in [3.05, 3.63) is 12.2 Å². The largest absolute Gasteiger partial charge is 0.307 e. The number of rotatable bonds is 1. The minimum absolute atomic E-state index is 0.736. The molecule has 4 unspecified atom stereocenters. The molecule has 0 amide bonds. The molecule has 1 heteroatoms. The fraction of sp³-hybridized carbons (Fsp3) is 0.818. The molecule has 1 aliphatic heterocycles. The molecular weight excluding hydrogens is 146 g/mol. The predicted molar refractivity (Wildman–Crippen MR) is 49.9 cm³/mol. The molecule has 0 saturated heterocycles.